The standard InChI is InChI=1S/C15H9Cl2N3/c16-8-14-19-12-6-3-5-11(17)15(12)20(14)13-7-2-1-4-10(13)9-18/h1-7H,8H2. The second-order valence-corrected chi connectivity index (χ2v) is 4.91. The highest BCUT2D eigenvalue weighted by atomic mass is 35.5. The summed E-state index contributed by atoms with van der Waals surface area (Å²) in [4.78, 5) is 4.48. The minimum Gasteiger partial charge on any atom is -0.292 e. The second-order valence-electron chi connectivity index (χ2n) is 4.23. The number of hydrogen-bond donors (Lipinski definition) is 0. The summed E-state index contributed by atoms with van der Waals surface area (Å²) in [5, 5.41) is 9.86. The summed E-state index contributed by atoms with van der Waals surface area (Å²) in [5.74, 6) is 0.905. The van der Waals surface area contributed by atoms with Crippen LogP contribution >= 0.6 is 23.2 Å². The van der Waals surface area contributed by atoms with Crippen molar-refractivity contribution in [3.63, 3.8) is 0 Å². The molecule has 3 nitrogen and oxygen atoms in total. The van der Waals surface area contributed by atoms with Gasteiger partial charge in [0, 0.05) is 0 Å². The number of fused-ring (bicyclic) bond motifs is 1. The molecule has 1 heterocycles. The van der Waals surface area contributed by atoms with Gasteiger partial charge in [-0.15, -0.1) is 11.6 Å². The zero-order valence-electron chi connectivity index (χ0n) is 10.3. The van der Waals surface area contributed by atoms with Gasteiger partial charge in [0.15, 0.2) is 0 Å². The molecule has 2 aromatic carbocycles. The lowest BCUT2D eigenvalue weighted by Gasteiger charge is -2.10. The Balaban J connectivity index is 2.44. The van der Waals surface area contributed by atoms with Crippen LogP contribution in [-0.4, -0.2) is 9.55 Å². The van der Waals surface area contributed by atoms with E-state index in [-0.39, 0.29) is 5.88 Å². The first-order valence-corrected chi connectivity index (χ1v) is 6.89. The maximum atomic E-state index is 9.27. The molecule has 0 unspecified atom stereocenters. The minimum absolute atomic E-state index is 0.241. The first-order chi connectivity index (χ1) is 9.76. The van der Waals surface area contributed by atoms with Gasteiger partial charge in [-0.05, 0) is 24.3 Å². The average Bonchev–Trinajstić information content (AvgIpc) is 2.87. The van der Waals surface area contributed by atoms with Crippen molar-refractivity contribution in [1.82, 2.24) is 9.55 Å². The van der Waals surface area contributed by atoms with Gasteiger partial charge in [0.05, 0.1) is 33.2 Å². The van der Waals surface area contributed by atoms with Gasteiger partial charge < -0.3 is 0 Å². The van der Waals surface area contributed by atoms with Crippen molar-refractivity contribution in [1.29, 1.82) is 5.26 Å². The summed E-state index contributed by atoms with van der Waals surface area (Å²) >= 11 is 12.3. The summed E-state index contributed by atoms with van der Waals surface area (Å²) in [5.41, 5.74) is 2.83. The van der Waals surface area contributed by atoms with Gasteiger partial charge >= 0.3 is 0 Å². The molecule has 0 spiro atoms. The van der Waals surface area contributed by atoms with Gasteiger partial charge in [0.1, 0.15) is 11.9 Å². The number of alkyl halides is 1. The van der Waals surface area contributed by atoms with Crippen molar-refractivity contribution in [2.45, 2.75) is 5.88 Å². The van der Waals surface area contributed by atoms with E-state index in [1.807, 2.05) is 34.9 Å². The normalized spacial score (nSPS) is 10.7. The van der Waals surface area contributed by atoms with Crippen LogP contribution in [0.2, 0.25) is 5.02 Å². The van der Waals surface area contributed by atoms with E-state index in [1.54, 1.807) is 12.1 Å². The molecule has 0 N–H and O–H groups in total. The van der Waals surface area contributed by atoms with E-state index >= 15 is 0 Å². The Morgan fingerprint density at radius 2 is 1.95 bits per heavy atom. The lowest BCUT2D eigenvalue weighted by Crippen LogP contribution is -2.02. The van der Waals surface area contributed by atoms with E-state index in [1.165, 1.54) is 0 Å². The van der Waals surface area contributed by atoms with Crippen LogP contribution < -0.4 is 0 Å². The molecule has 0 fully saturated rings. The topological polar surface area (TPSA) is 41.6 Å². The van der Waals surface area contributed by atoms with Gasteiger partial charge in [-0.25, -0.2) is 4.98 Å². The van der Waals surface area contributed by atoms with Crippen LogP contribution in [0.4, 0.5) is 0 Å². The van der Waals surface area contributed by atoms with E-state index < -0.39 is 0 Å². The number of halogens is 2. The molecule has 3 rings (SSSR count). The monoisotopic (exact) mass is 301 g/mol. The Bertz CT molecular complexity index is 831. The Morgan fingerprint density at radius 1 is 1.15 bits per heavy atom. The fraction of sp³-hybridized carbons (Fsp3) is 0.0667. The summed E-state index contributed by atoms with van der Waals surface area (Å²) in [7, 11) is 0. The van der Waals surface area contributed by atoms with Gasteiger partial charge in [-0.1, -0.05) is 29.8 Å². The molecule has 0 saturated heterocycles. The van der Waals surface area contributed by atoms with Crippen LogP contribution in [0.3, 0.4) is 0 Å². The predicted octanol–water partition coefficient (Wildman–Crippen LogP) is 4.29. The molecule has 20 heavy (non-hydrogen) atoms. The summed E-state index contributed by atoms with van der Waals surface area (Å²) < 4.78 is 1.85. The molecule has 0 saturated carbocycles. The zero-order chi connectivity index (χ0) is 14.1. The first kappa shape index (κ1) is 13.0. The molecule has 0 bridgehead atoms. The third kappa shape index (κ3) is 1.94. The number of aromatic nitrogens is 2. The van der Waals surface area contributed by atoms with Gasteiger partial charge in [0.2, 0.25) is 0 Å². The van der Waals surface area contributed by atoms with Crippen LogP contribution in [0, 0.1) is 11.3 Å². The van der Waals surface area contributed by atoms with Crippen molar-refractivity contribution >= 4 is 34.2 Å². The number of hydrogen-bond acceptors (Lipinski definition) is 2. The molecule has 3 aromatic rings. The lowest BCUT2D eigenvalue weighted by molar-refractivity contribution is 0.978. The largest absolute Gasteiger partial charge is 0.292 e. The van der Waals surface area contributed by atoms with Crippen LogP contribution in [0.5, 0.6) is 0 Å². The third-order valence-electron chi connectivity index (χ3n) is 3.08. The van der Waals surface area contributed by atoms with Crippen LogP contribution in [-0.2, 0) is 5.88 Å². The fourth-order valence-corrected chi connectivity index (χ4v) is 2.68. The Morgan fingerprint density at radius 3 is 2.70 bits per heavy atom. The second kappa shape index (κ2) is 5.16. The number of imidazole rings is 1. The zero-order valence-corrected chi connectivity index (χ0v) is 11.9. The molecule has 1 aromatic heterocycles. The van der Waals surface area contributed by atoms with E-state index in [0.29, 0.717) is 16.4 Å². The van der Waals surface area contributed by atoms with Crippen LogP contribution in [0.1, 0.15) is 11.4 Å². The van der Waals surface area contributed by atoms with Crippen molar-refractivity contribution in [3.05, 3.63) is 58.9 Å². The van der Waals surface area contributed by atoms with Crippen molar-refractivity contribution in [2.75, 3.05) is 0 Å². The molecular formula is C15H9Cl2N3. The highest BCUT2D eigenvalue weighted by Crippen LogP contribution is 2.29. The van der Waals surface area contributed by atoms with E-state index in [0.717, 1.165) is 16.7 Å². The number of rotatable bonds is 2. The highest BCUT2D eigenvalue weighted by molar-refractivity contribution is 6.35. The number of benzene rings is 2. The van der Waals surface area contributed by atoms with Crippen molar-refractivity contribution in [3.8, 4) is 11.8 Å². The smallest absolute Gasteiger partial charge is 0.129 e. The van der Waals surface area contributed by atoms with Gasteiger partial charge in [0.25, 0.3) is 0 Å². The molecule has 0 radical (unpaired) electrons. The quantitative estimate of drug-likeness (QED) is 0.663. The molecule has 98 valence electrons. The average molecular weight is 302 g/mol. The van der Waals surface area contributed by atoms with E-state index in [9.17, 15) is 5.26 Å². The third-order valence-corrected chi connectivity index (χ3v) is 3.63. The molecule has 0 atom stereocenters. The fourth-order valence-electron chi connectivity index (χ4n) is 2.25. The Hall–Kier alpha value is -2.02. The molecule has 0 amide bonds. The number of nitriles is 1. The number of nitrogens with zero attached hydrogens (tertiary/aromatic N) is 3. The molecule has 0 aliphatic rings. The van der Waals surface area contributed by atoms with Crippen molar-refractivity contribution < 1.29 is 0 Å². The van der Waals surface area contributed by atoms with Gasteiger partial charge in [-0.2, -0.15) is 5.26 Å². The Labute approximate surface area is 126 Å². The lowest BCUT2D eigenvalue weighted by atomic mass is 10.2. The molecule has 5 heteroatoms. The first-order valence-electron chi connectivity index (χ1n) is 5.97. The maximum absolute atomic E-state index is 9.27. The predicted molar refractivity (Wildman–Crippen MR) is 80.4 cm³/mol. The van der Waals surface area contributed by atoms with E-state index in [4.69, 9.17) is 23.2 Å². The highest BCUT2D eigenvalue weighted by Gasteiger charge is 2.16. The molecular weight excluding hydrogens is 293 g/mol. The summed E-state index contributed by atoms with van der Waals surface area (Å²) in [6.07, 6.45) is 0. The molecule has 0 aliphatic carbocycles. The van der Waals surface area contributed by atoms with Crippen LogP contribution in [0.25, 0.3) is 16.7 Å². The summed E-state index contributed by atoms with van der Waals surface area (Å²) in [6.45, 7) is 0. The van der Waals surface area contributed by atoms with Crippen molar-refractivity contribution in [2.24, 2.45) is 0 Å². The SMILES string of the molecule is N#Cc1ccccc1-n1c(CCl)nc2cccc(Cl)c21. The van der Waals surface area contributed by atoms with E-state index in [2.05, 4.69) is 11.1 Å². The minimum atomic E-state index is 0.241. The van der Waals surface area contributed by atoms with Crippen LogP contribution in [0.15, 0.2) is 42.5 Å². The summed E-state index contributed by atoms with van der Waals surface area (Å²) in [6, 6.07) is 15.0. The molecule has 0 aliphatic heterocycles. The maximum Gasteiger partial charge on any atom is 0.129 e. The number of para-hydroxylation sites is 2. The Kier molecular flexibility index (Phi) is 3.35. The van der Waals surface area contributed by atoms with Gasteiger partial charge in [-0.3, -0.25) is 4.57 Å².